The van der Waals surface area contributed by atoms with Crippen molar-refractivity contribution in [1.82, 2.24) is 4.57 Å². The van der Waals surface area contributed by atoms with Crippen molar-refractivity contribution in [1.29, 1.82) is 0 Å². The Balaban J connectivity index is 2.10. The summed E-state index contributed by atoms with van der Waals surface area (Å²) in [7, 11) is 0. The second kappa shape index (κ2) is 7.27. The average molecular weight is 375 g/mol. The van der Waals surface area contributed by atoms with Crippen molar-refractivity contribution >= 4 is 39.2 Å². The van der Waals surface area contributed by atoms with Crippen molar-refractivity contribution in [3.8, 4) is 0 Å². The van der Waals surface area contributed by atoms with Crippen molar-refractivity contribution < 1.29 is 19.1 Å². The average Bonchev–Trinajstić information content (AvgIpc) is 3.13. The lowest BCUT2D eigenvalue weighted by Gasteiger charge is -2.19. The van der Waals surface area contributed by atoms with Crippen LogP contribution in [0.4, 0.5) is 4.79 Å². The number of hydrogen-bond donors (Lipinski definition) is 0. The topological polar surface area (TPSA) is 57.5 Å². The highest BCUT2D eigenvalue weighted by Crippen LogP contribution is 2.38. The first-order valence-electron chi connectivity index (χ1n) is 9.05. The number of nitrogens with zero attached hydrogens (tertiary/aromatic N) is 1. The van der Waals surface area contributed by atoms with Gasteiger partial charge < -0.3 is 9.47 Å². The van der Waals surface area contributed by atoms with Crippen molar-refractivity contribution in [2.24, 2.45) is 0 Å². The fourth-order valence-corrected chi connectivity index (χ4v) is 4.18. The summed E-state index contributed by atoms with van der Waals surface area (Å²) < 4.78 is 13.1. The molecule has 0 N–H and O–H groups in total. The molecule has 1 aliphatic rings. The van der Waals surface area contributed by atoms with E-state index in [1.54, 1.807) is 13.0 Å². The fraction of sp³-hybridized carbons (Fsp3) is 0.500. The van der Waals surface area contributed by atoms with E-state index in [1.807, 2.05) is 27.0 Å². The number of rotatable bonds is 3. The van der Waals surface area contributed by atoms with Gasteiger partial charge in [-0.25, -0.2) is 9.59 Å². The fourth-order valence-electron chi connectivity index (χ4n) is 3.09. The molecule has 6 heteroatoms. The molecule has 2 aromatic heterocycles. The number of carbonyl (C=O) groups excluding carboxylic acids is 2. The van der Waals surface area contributed by atoms with Crippen molar-refractivity contribution in [2.45, 2.75) is 59.0 Å². The van der Waals surface area contributed by atoms with E-state index >= 15 is 0 Å². The SMILES string of the molecule is CCOC(=O)c1cc2c(s1)c(C1=CCCCC1)cn2C(=O)OC(C)(C)C. The summed E-state index contributed by atoms with van der Waals surface area (Å²) >= 11 is 1.38. The predicted octanol–water partition coefficient (Wildman–Crippen LogP) is 5.62. The Morgan fingerprint density at radius 2 is 2.04 bits per heavy atom. The van der Waals surface area contributed by atoms with Gasteiger partial charge in [0.1, 0.15) is 10.5 Å². The molecule has 0 saturated carbocycles. The number of thiophene rings is 1. The van der Waals surface area contributed by atoms with Crippen LogP contribution in [0.5, 0.6) is 0 Å². The highest BCUT2D eigenvalue weighted by molar-refractivity contribution is 7.21. The van der Waals surface area contributed by atoms with Gasteiger partial charge >= 0.3 is 12.1 Å². The summed E-state index contributed by atoms with van der Waals surface area (Å²) in [5, 5.41) is 0. The largest absolute Gasteiger partial charge is 0.462 e. The molecule has 0 amide bonds. The number of aromatic nitrogens is 1. The Kier molecular flexibility index (Phi) is 5.23. The molecule has 140 valence electrons. The van der Waals surface area contributed by atoms with Gasteiger partial charge in [0.2, 0.25) is 0 Å². The van der Waals surface area contributed by atoms with Crippen LogP contribution in [0.3, 0.4) is 0 Å². The number of allylic oxidation sites excluding steroid dienone is 2. The third-order valence-electron chi connectivity index (χ3n) is 4.18. The molecular weight excluding hydrogens is 350 g/mol. The van der Waals surface area contributed by atoms with Gasteiger partial charge in [0.15, 0.2) is 0 Å². The van der Waals surface area contributed by atoms with Crippen LogP contribution < -0.4 is 0 Å². The number of ether oxygens (including phenoxy) is 2. The lowest BCUT2D eigenvalue weighted by atomic mass is 9.95. The van der Waals surface area contributed by atoms with E-state index in [4.69, 9.17) is 9.47 Å². The Hall–Kier alpha value is -2.08. The summed E-state index contributed by atoms with van der Waals surface area (Å²) in [4.78, 5) is 25.3. The van der Waals surface area contributed by atoms with Crippen LogP contribution in [0.1, 0.15) is 68.6 Å². The lowest BCUT2D eigenvalue weighted by molar-refractivity contribution is 0.0523. The summed E-state index contributed by atoms with van der Waals surface area (Å²) in [5.41, 5.74) is 2.37. The number of fused-ring (bicyclic) bond motifs is 1. The number of esters is 1. The molecule has 3 rings (SSSR count). The van der Waals surface area contributed by atoms with E-state index in [0.29, 0.717) is 17.0 Å². The molecule has 0 fully saturated rings. The zero-order chi connectivity index (χ0) is 18.9. The molecule has 0 radical (unpaired) electrons. The zero-order valence-corrected chi connectivity index (χ0v) is 16.6. The van der Waals surface area contributed by atoms with Gasteiger partial charge in [-0.15, -0.1) is 11.3 Å². The van der Waals surface area contributed by atoms with Crippen molar-refractivity contribution in [3.63, 3.8) is 0 Å². The van der Waals surface area contributed by atoms with Gasteiger partial charge in [-0.3, -0.25) is 4.57 Å². The highest BCUT2D eigenvalue weighted by Gasteiger charge is 2.25. The first kappa shape index (κ1) is 18.7. The molecule has 2 aromatic rings. The highest BCUT2D eigenvalue weighted by atomic mass is 32.1. The van der Waals surface area contributed by atoms with E-state index in [2.05, 4.69) is 6.08 Å². The molecule has 0 bridgehead atoms. The van der Waals surface area contributed by atoms with Gasteiger partial charge in [-0.05, 0) is 65.0 Å². The third kappa shape index (κ3) is 3.85. The van der Waals surface area contributed by atoms with Crippen LogP contribution in [-0.4, -0.2) is 28.8 Å². The minimum atomic E-state index is -0.585. The molecule has 1 aliphatic carbocycles. The van der Waals surface area contributed by atoms with E-state index in [9.17, 15) is 9.59 Å². The Morgan fingerprint density at radius 3 is 2.65 bits per heavy atom. The van der Waals surface area contributed by atoms with Gasteiger partial charge in [0, 0.05) is 11.8 Å². The first-order valence-corrected chi connectivity index (χ1v) is 9.86. The van der Waals surface area contributed by atoms with E-state index < -0.39 is 11.7 Å². The lowest BCUT2D eigenvalue weighted by Crippen LogP contribution is -2.26. The van der Waals surface area contributed by atoms with Crippen molar-refractivity contribution in [3.05, 3.63) is 28.8 Å². The molecule has 2 heterocycles. The van der Waals surface area contributed by atoms with Gasteiger partial charge in [-0.1, -0.05) is 6.08 Å². The molecule has 0 spiro atoms. The van der Waals surface area contributed by atoms with Gasteiger partial charge in [0.25, 0.3) is 0 Å². The van der Waals surface area contributed by atoms with E-state index in [-0.39, 0.29) is 5.97 Å². The van der Waals surface area contributed by atoms with Crippen LogP contribution >= 0.6 is 11.3 Å². The van der Waals surface area contributed by atoms with Crippen LogP contribution in [0, 0.1) is 0 Å². The Bertz CT molecular complexity index is 866. The molecule has 0 atom stereocenters. The zero-order valence-electron chi connectivity index (χ0n) is 15.8. The smallest absolute Gasteiger partial charge is 0.419 e. The number of hydrogen-bond acceptors (Lipinski definition) is 5. The second-order valence-electron chi connectivity index (χ2n) is 7.41. The molecular formula is C20H25NO4S. The Labute approximate surface area is 157 Å². The molecule has 0 saturated heterocycles. The minimum absolute atomic E-state index is 0.324. The molecule has 0 aromatic carbocycles. The van der Waals surface area contributed by atoms with E-state index in [0.717, 1.165) is 29.5 Å². The summed E-state index contributed by atoms with van der Waals surface area (Å²) in [6, 6.07) is 1.73. The van der Waals surface area contributed by atoms with Crippen LogP contribution in [0.15, 0.2) is 18.3 Å². The van der Waals surface area contributed by atoms with Crippen LogP contribution in [0.2, 0.25) is 0 Å². The maximum absolute atomic E-state index is 12.7. The Morgan fingerprint density at radius 1 is 1.27 bits per heavy atom. The van der Waals surface area contributed by atoms with Crippen LogP contribution in [0.25, 0.3) is 15.8 Å². The summed E-state index contributed by atoms with van der Waals surface area (Å²) in [5.74, 6) is -0.354. The molecule has 5 nitrogen and oxygen atoms in total. The maximum atomic E-state index is 12.7. The third-order valence-corrected chi connectivity index (χ3v) is 5.32. The quantitative estimate of drug-likeness (QED) is 0.653. The first-order chi connectivity index (χ1) is 12.3. The maximum Gasteiger partial charge on any atom is 0.419 e. The normalized spacial score (nSPS) is 15.0. The summed E-state index contributed by atoms with van der Waals surface area (Å²) in [6.45, 7) is 7.63. The summed E-state index contributed by atoms with van der Waals surface area (Å²) in [6.07, 6.45) is 8.02. The number of carbonyl (C=O) groups is 2. The minimum Gasteiger partial charge on any atom is -0.462 e. The van der Waals surface area contributed by atoms with Crippen molar-refractivity contribution in [2.75, 3.05) is 6.61 Å². The van der Waals surface area contributed by atoms with Gasteiger partial charge in [0.05, 0.1) is 16.8 Å². The molecule has 0 unspecified atom stereocenters. The molecule has 26 heavy (non-hydrogen) atoms. The van der Waals surface area contributed by atoms with Gasteiger partial charge in [-0.2, -0.15) is 0 Å². The standard InChI is InChI=1S/C20H25NO4S/c1-5-24-18(22)16-11-15-17(26-16)14(13-9-7-6-8-10-13)12-21(15)19(23)25-20(2,3)4/h9,11-12H,5-8,10H2,1-4H3. The molecule has 0 aliphatic heterocycles. The van der Waals surface area contributed by atoms with E-state index in [1.165, 1.54) is 27.9 Å². The predicted molar refractivity (Wildman–Crippen MR) is 104 cm³/mol. The second-order valence-corrected chi connectivity index (χ2v) is 8.47. The monoisotopic (exact) mass is 375 g/mol. The van der Waals surface area contributed by atoms with Crippen LogP contribution in [-0.2, 0) is 9.47 Å².